The first-order valence-electron chi connectivity index (χ1n) is 5.89. The number of nitrogens with one attached hydrogen (secondary N) is 1. The van der Waals surface area contributed by atoms with Crippen LogP contribution in [0.3, 0.4) is 0 Å². The maximum atomic E-state index is 12.2. The van der Waals surface area contributed by atoms with Crippen LogP contribution in [0.5, 0.6) is 0 Å². The van der Waals surface area contributed by atoms with Gasteiger partial charge in [0.05, 0.1) is 6.61 Å². The number of aliphatic hydroxyl groups excluding tert-OH is 1. The van der Waals surface area contributed by atoms with Gasteiger partial charge in [-0.2, -0.15) is 0 Å². The summed E-state index contributed by atoms with van der Waals surface area (Å²) in [5.41, 5.74) is 1.06. The van der Waals surface area contributed by atoms with Crippen molar-refractivity contribution < 1.29 is 13.5 Å². The van der Waals surface area contributed by atoms with Gasteiger partial charge in [0.1, 0.15) is 4.90 Å². The van der Waals surface area contributed by atoms with Gasteiger partial charge < -0.3 is 9.67 Å². The average Bonchev–Trinajstić information content (AvgIpc) is 2.81. The summed E-state index contributed by atoms with van der Waals surface area (Å²) < 4.78 is 28.6. The number of nitrogens with zero attached hydrogens (tertiary/aromatic N) is 1. The first-order chi connectivity index (χ1) is 9.46. The summed E-state index contributed by atoms with van der Waals surface area (Å²) in [5.74, 6) is 0. The molecule has 5 nitrogen and oxygen atoms in total. The standard InChI is InChI=1S/C13H16N2O3S2/c1-15-8-13(7-11(15)9-16)20(17,18)14-10-3-5-12(19-2)6-4-10/h3-8,14,16H,9H2,1-2H3. The second-order valence-corrected chi connectivity index (χ2v) is 6.83. The molecule has 0 aliphatic carbocycles. The number of thioether (sulfide) groups is 1. The maximum absolute atomic E-state index is 12.2. The van der Waals surface area contributed by atoms with E-state index >= 15 is 0 Å². The summed E-state index contributed by atoms with van der Waals surface area (Å²) >= 11 is 1.59. The van der Waals surface area contributed by atoms with Crippen molar-refractivity contribution in [2.45, 2.75) is 16.4 Å². The van der Waals surface area contributed by atoms with Gasteiger partial charge in [0.25, 0.3) is 10.0 Å². The SMILES string of the molecule is CSc1ccc(NS(=O)(=O)c2cc(CO)n(C)c2)cc1. The van der Waals surface area contributed by atoms with Crippen LogP contribution in [0, 0.1) is 0 Å². The number of aryl methyl sites for hydroxylation is 1. The van der Waals surface area contributed by atoms with Crippen LogP contribution in [0.25, 0.3) is 0 Å². The highest BCUT2D eigenvalue weighted by Gasteiger charge is 2.17. The van der Waals surface area contributed by atoms with E-state index in [9.17, 15) is 8.42 Å². The van der Waals surface area contributed by atoms with Crippen LogP contribution < -0.4 is 4.72 Å². The number of hydrogen-bond acceptors (Lipinski definition) is 4. The highest BCUT2D eigenvalue weighted by molar-refractivity contribution is 7.98. The van der Waals surface area contributed by atoms with Crippen LogP contribution in [-0.4, -0.2) is 24.3 Å². The minimum Gasteiger partial charge on any atom is -0.390 e. The van der Waals surface area contributed by atoms with Gasteiger partial charge in [-0.05, 0) is 36.6 Å². The lowest BCUT2D eigenvalue weighted by atomic mass is 10.3. The fraction of sp³-hybridized carbons (Fsp3) is 0.231. The second-order valence-electron chi connectivity index (χ2n) is 4.27. The lowest BCUT2D eigenvalue weighted by Gasteiger charge is -2.06. The van der Waals surface area contributed by atoms with Crippen LogP contribution in [0.2, 0.25) is 0 Å². The Morgan fingerprint density at radius 1 is 1.30 bits per heavy atom. The summed E-state index contributed by atoms with van der Waals surface area (Å²) in [7, 11) is -1.94. The molecule has 2 rings (SSSR count). The third-order valence-electron chi connectivity index (χ3n) is 2.90. The normalized spacial score (nSPS) is 11.6. The topological polar surface area (TPSA) is 71.3 Å². The van der Waals surface area contributed by atoms with Crippen molar-refractivity contribution in [2.24, 2.45) is 7.05 Å². The Kier molecular flexibility index (Phi) is 4.42. The van der Waals surface area contributed by atoms with Crippen molar-refractivity contribution in [3.8, 4) is 0 Å². The third kappa shape index (κ3) is 3.17. The zero-order valence-corrected chi connectivity index (χ0v) is 12.8. The van der Waals surface area contributed by atoms with E-state index < -0.39 is 10.0 Å². The van der Waals surface area contributed by atoms with E-state index in [0.29, 0.717) is 11.4 Å². The fourth-order valence-electron chi connectivity index (χ4n) is 1.75. The zero-order chi connectivity index (χ0) is 14.8. The molecule has 0 saturated carbocycles. The number of hydrogen-bond donors (Lipinski definition) is 2. The van der Waals surface area contributed by atoms with E-state index in [1.807, 2.05) is 18.4 Å². The third-order valence-corrected chi connectivity index (χ3v) is 4.99. The Labute approximate surface area is 122 Å². The molecule has 7 heteroatoms. The van der Waals surface area contributed by atoms with Crippen molar-refractivity contribution in [3.05, 3.63) is 42.2 Å². The number of aromatic nitrogens is 1. The van der Waals surface area contributed by atoms with Crippen LogP contribution in [-0.2, 0) is 23.7 Å². The molecule has 20 heavy (non-hydrogen) atoms. The molecule has 0 spiro atoms. The minimum atomic E-state index is -3.63. The molecule has 2 aromatic rings. The lowest BCUT2D eigenvalue weighted by molar-refractivity contribution is 0.272. The number of anilines is 1. The van der Waals surface area contributed by atoms with Crippen molar-refractivity contribution >= 4 is 27.5 Å². The molecule has 1 aromatic carbocycles. The van der Waals surface area contributed by atoms with E-state index in [4.69, 9.17) is 5.11 Å². The molecule has 0 unspecified atom stereocenters. The Morgan fingerprint density at radius 2 is 1.95 bits per heavy atom. The van der Waals surface area contributed by atoms with E-state index in [-0.39, 0.29) is 11.5 Å². The number of sulfonamides is 1. The molecular formula is C13H16N2O3S2. The van der Waals surface area contributed by atoms with Crippen LogP contribution in [0.1, 0.15) is 5.69 Å². The summed E-state index contributed by atoms with van der Waals surface area (Å²) in [4.78, 5) is 1.20. The highest BCUT2D eigenvalue weighted by Crippen LogP contribution is 2.21. The van der Waals surface area contributed by atoms with E-state index in [2.05, 4.69) is 4.72 Å². The van der Waals surface area contributed by atoms with E-state index in [1.54, 1.807) is 35.5 Å². The Hall–Kier alpha value is -1.44. The van der Waals surface area contributed by atoms with Gasteiger partial charge in [-0.15, -0.1) is 11.8 Å². The number of rotatable bonds is 5. The van der Waals surface area contributed by atoms with Crippen LogP contribution in [0.4, 0.5) is 5.69 Å². The average molecular weight is 312 g/mol. The van der Waals surface area contributed by atoms with Crippen LogP contribution >= 0.6 is 11.8 Å². The molecule has 2 N–H and O–H groups in total. The van der Waals surface area contributed by atoms with Crippen LogP contribution in [0.15, 0.2) is 46.3 Å². The van der Waals surface area contributed by atoms with Gasteiger partial charge in [0.2, 0.25) is 0 Å². The Balaban J connectivity index is 2.25. The largest absolute Gasteiger partial charge is 0.390 e. The van der Waals surface area contributed by atoms with E-state index in [0.717, 1.165) is 4.90 Å². The van der Waals surface area contributed by atoms with Gasteiger partial charge in [-0.3, -0.25) is 4.72 Å². The predicted octanol–water partition coefficient (Wildman–Crippen LogP) is 2.04. The van der Waals surface area contributed by atoms with Gasteiger partial charge >= 0.3 is 0 Å². The zero-order valence-electron chi connectivity index (χ0n) is 11.2. The molecule has 0 saturated heterocycles. The highest BCUT2D eigenvalue weighted by atomic mass is 32.2. The molecule has 0 aliphatic rings. The van der Waals surface area contributed by atoms with Gasteiger partial charge in [-0.1, -0.05) is 0 Å². The summed E-state index contributed by atoms with van der Waals surface area (Å²) in [6, 6.07) is 8.61. The van der Waals surface area contributed by atoms with Crippen molar-refractivity contribution in [1.82, 2.24) is 4.57 Å². The molecular weight excluding hydrogens is 296 g/mol. The van der Waals surface area contributed by atoms with Crippen molar-refractivity contribution in [1.29, 1.82) is 0 Å². The number of aliphatic hydroxyl groups is 1. The van der Waals surface area contributed by atoms with Gasteiger partial charge in [0, 0.05) is 29.5 Å². The quantitative estimate of drug-likeness (QED) is 0.829. The molecule has 1 aromatic heterocycles. The summed E-state index contributed by atoms with van der Waals surface area (Å²) in [5, 5.41) is 9.11. The number of benzene rings is 1. The summed E-state index contributed by atoms with van der Waals surface area (Å²) in [6.45, 7) is -0.200. The lowest BCUT2D eigenvalue weighted by Crippen LogP contribution is -2.12. The van der Waals surface area contributed by atoms with Gasteiger partial charge in [0.15, 0.2) is 0 Å². The Morgan fingerprint density at radius 3 is 2.45 bits per heavy atom. The Bertz CT molecular complexity index is 691. The van der Waals surface area contributed by atoms with E-state index in [1.165, 1.54) is 12.3 Å². The first kappa shape index (κ1) is 15.0. The maximum Gasteiger partial charge on any atom is 0.263 e. The fourth-order valence-corrected chi connectivity index (χ4v) is 3.31. The molecule has 0 bridgehead atoms. The van der Waals surface area contributed by atoms with Gasteiger partial charge in [-0.25, -0.2) is 8.42 Å². The van der Waals surface area contributed by atoms with Crippen molar-refractivity contribution in [2.75, 3.05) is 11.0 Å². The van der Waals surface area contributed by atoms with Crippen molar-refractivity contribution in [3.63, 3.8) is 0 Å². The first-order valence-corrected chi connectivity index (χ1v) is 8.60. The summed E-state index contributed by atoms with van der Waals surface area (Å²) in [6.07, 6.45) is 3.43. The smallest absolute Gasteiger partial charge is 0.263 e. The molecule has 0 aliphatic heterocycles. The molecule has 0 fully saturated rings. The molecule has 0 atom stereocenters. The molecule has 108 valence electrons. The molecule has 0 amide bonds. The monoisotopic (exact) mass is 312 g/mol. The molecule has 0 radical (unpaired) electrons. The minimum absolute atomic E-state index is 0.137. The second kappa shape index (κ2) is 5.90. The molecule has 1 heterocycles. The predicted molar refractivity (Wildman–Crippen MR) is 80.4 cm³/mol.